The summed E-state index contributed by atoms with van der Waals surface area (Å²) in [4.78, 5) is 0. The Morgan fingerprint density at radius 3 is 2.93 bits per heavy atom. The van der Waals surface area contributed by atoms with E-state index in [1.54, 1.807) is 7.11 Å². The Balaban J connectivity index is 1.66. The van der Waals surface area contributed by atoms with E-state index in [1.165, 1.54) is 19.3 Å². The summed E-state index contributed by atoms with van der Waals surface area (Å²) < 4.78 is 10.9. The summed E-state index contributed by atoms with van der Waals surface area (Å²) >= 11 is 0. The van der Waals surface area contributed by atoms with Crippen LogP contribution in [0.4, 0.5) is 0 Å². The third kappa shape index (κ3) is 2.27. The molecule has 2 fully saturated rings. The molecule has 4 unspecified atom stereocenters. The van der Waals surface area contributed by atoms with Crippen molar-refractivity contribution in [2.24, 2.45) is 5.92 Å². The van der Waals surface area contributed by atoms with Crippen LogP contribution in [-0.4, -0.2) is 38.5 Å². The molecular formula is C11H21NO2. The van der Waals surface area contributed by atoms with Gasteiger partial charge in [-0.1, -0.05) is 6.92 Å². The minimum Gasteiger partial charge on any atom is -0.384 e. The molecule has 3 heteroatoms. The average Bonchev–Trinajstić information content (AvgIpc) is 2.76. The summed E-state index contributed by atoms with van der Waals surface area (Å²) in [7, 11) is 1.76. The first-order valence-electron chi connectivity index (χ1n) is 5.67. The molecule has 0 amide bonds. The molecule has 3 nitrogen and oxygen atoms in total. The fourth-order valence-electron chi connectivity index (χ4n) is 2.55. The fraction of sp³-hybridized carbons (Fsp3) is 1.00. The third-order valence-corrected chi connectivity index (χ3v) is 3.29. The van der Waals surface area contributed by atoms with Crippen molar-refractivity contribution >= 4 is 0 Å². The van der Waals surface area contributed by atoms with Crippen molar-refractivity contribution in [1.29, 1.82) is 0 Å². The van der Waals surface area contributed by atoms with E-state index < -0.39 is 0 Å². The normalized spacial score (nSPS) is 37.7. The maximum Gasteiger partial charge on any atom is 0.0733 e. The molecule has 2 bridgehead atoms. The maximum atomic E-state index is 5.78. The summed E-state index contributed by atoms with van der Waals surface area (Å²) in [6.07, 6.45) is 4.78. The van der Waals surface area contributed by atoms with Crippen molar-refractivity contribution in [2.45, 2.75) is 44.4 Å². The van der Waals surface area contributed by atoms with E-state index in [0.717, 1.165) is 13.2 Å². The van der Waals surface area contributed by atoms with Gasteiger partial charge in [-0.2, -0.15) is 0 Å². The summed E-state index contributed by atoms with van der Waals surface area (Å²) in [6, 6.07) is 0.605. The number of methoxy groups -OCH3 is 1. The van der Waals surface area contributed by atoms with Crippen molar-refractivity contribution < 1.29 is 9.47 Å². The predicted molar refractivity (Wildman–Crippen MR) is 55.3 cm³/mol. The van der Waals surface area contributed by atoms with Crippen LogP contribution in [-0.2, 0) is 9.47 Å². The predicted octanol–water partition coefficient (Wildman–Crippen LogP) is 1.18. The molecule has 1 N–H and O–H groups in total. The first-order chi connectivity index (χ1) is 6.79. The fourth-order valence-corrected chi connectivity index (χ4v) is 2.55. The molecule has 2 heterocycles. The van der Waals surface area contributed by atoms with Gasteiger partial charge in [-0.15, -0.1) is 0 Å². The van der Waals surface area contributed by atoms with E-state index in [0.29, 0.717) is 24.2 Å². The molecule has 2 rings (SSSR count). The van der Waals surface area contributed by atoms with Gasteiger partial charge in [0.2, 0.25) is 0 Å². The van der Waals surface area contributed by atoms with Crippen molar-refractivity contribution in [1.82, 2.24) is 5.32 Å². The minimum absolute atomic E-state index is 0.495. The second-order valence-electron chi connectivity index (χ2n) is 4.68. The summed E-state index contributed by atoms with van der Waals surface area (Å²) in [6.45, 7) is 4.10. The molecule has 0 aromatic heterocycles. The highest BCUT2D eigenvalue weighted by Gasteiger charge is 2.40. The quantitative estimate of drug-likeness (QED) is 0.721. The monoisotopic (exact) mass is 199 g/mol. The first-order valence-corrected chi connectivity index (χ1v) is 5.67. The van der Waals surface area contributed by atoms with E-state index in [4.69, 9.17) is 9.47 Å². The van der Waals surface area contributed by atoms with Gasteiger partial charge < -0.3 is 14.8 Å². The zero-order valence-electron chi connectivity index (χ0n) is 9.16. The van der Waals surface area contributed by atoms with Gasteiger partial charge in [-0.25, -0.2) is 0 Å². The molecule has 2 saturated heterocycles. The number of rotatable bonds is 5. The molecule has 2 aliphatic rings. The van der Waals surface area contributed by atoms with Crippen LogP contribution >= 0.6 is 0 Å². The summed E-state index contributed by atoms with van der Waals surface area (Å²) in [5.41, 5.74) is 0. The van der Waals surface area contributed by atoms with Crippen LogP contribution in [0.3, 0.4) is 0 Å². The van der Waals surface area contributed by atoms with Crippen LogP contribution in [0.1, 0.15) is 26.2 Å². The second-order valence-corrected chi connectivity index (χ2v) is 4.68. The van der Waals surface area contributed by atoms with Crippen molar-refractivity contribution in [3.05, 3.63) is 0 Å². The van der Waals surface area contributed by atoms with Gasteiger partial charge in [0.15, 0.2) is 0 Å². The van der Waals surface area contributed by atoms with E-state index in [2.05, 4.69) is 12.2 Å². The van der Waals surface area contributed by atoms with Crippen LogP contribution in [0.15, 0.2) is 0 Å². The van der Waals surface area contributed by atoms with Gasteiger partial charge in [0.05, 0.1) is 12.2 Å². The van der Waals surface area contributed by atoms with Crippen LogP contribution < -0.4 is 5.32 Å². The molecule has 0 aliphatic carbocycles. The summed E-state index contributed by atoms with van der Waals surface area (Å²) in [5.74, 6) is 0.596. The average molecular weight is 199 g/mol. The molecule has 82 valence electrons. The number of fused-ring (bicyclic) bond motifs is 2. The van der Waals surface area contributed by atoms with Crippen molar-refractivity contribution in [3.63, 3.8) is 0 Å². The smallest absolute Gasteiger partial charge is 0.0733 e. The number of nitrogens with one attached hydrogen (secondary N) is 1. The van der Waals surface area contributed by atoms with Gasteiger partial charge in [0.1, 0.15) is 0 Å². The van der Waals surface area contributed by atoms with Crippen LogP contribution in [0, 0.1) is 5.92 Å². The standard InChI is InChI=1S/C11H21NO2/c1-8(7-13-2)6-12-10-5-9-3-4-11(10)14-9/h8-12H,3-7H2,1-2H3. The topological polar surface area (TPSA) is 30.5 Å². The lowest BCUT2D eigenvalue weighted by molar-refractivity contribution is 0.0957. The highest BCUT2D eigenvalue weighted by atomic mass is 16.5. The van der Waals surface area contributed by atoms with Gasteiger partial charge in [0.25, 0.3) is 0 Å². The molecule has 0 radical (unpaired) electrons. The van der Waals surface area contributed by atoms with E-state index >= 15 is 0 Å². The molecule has 0 aromatic rings. The van der Waals surface area contributed by atoms with Crippen LogP contribution in [0.5, 0.6) is 0 Å². The van der Waals surface area contributed by atoms with Crippen molar-refractivity contribution in [2.75, 3.05) is 20.3 Å². The van der Waals surface area contributed by atoms with Crippen LogP contribution in [0.2, 0.25) is 0 Å². The SMILES string of the molecule is COCC(C)CNC1CC2CCC1O2. The Kier molecular flexibility index (Phi) is 3.42. The van der Waals surface area contributed by atoms with Crippen LogP contribution in [0.25, 0.3) is 0 Å². The number of hydrogen-bond acceptors (Lipinski definition) is 3. The summed E-state index contributed by atoms with van der Waals surface area (Å²) in [5, 5.41) is 3.59. The highest BCUT2D eigenvalue weighted by molar-refractivity contribution is 4.93. The molecule has 14 heavy (non-hydrogen) atoms. The molecule has 0 aromatic carbocycles. The van der Waals surface area contributed by atoms with Crippen molar-refractivity contribution in [3.8, 4) is 0 Å². The Morgan fingerprint density at radius 2 is 2.36 bits per heavy atom. The molecule has 0 spiro atoms. The lowest BCUT2D eigenvalue weighted by Gasteiger charge is -2.22. The molecule has 4 atom stereocenters. The minimum atomic E-state index is 0.495. The zero-order valence-corrected chi connectivity index (χ0v) is 9.16. The zero-order chi connectivity index (χ0) is 9.97. The number of hydrogen-bond donors (Lipinski definition) is 1. The van der Waals surface area contributed by atoms with Gasteiger partial charge in [-0.05, 0) is 25.2 Å². The number of ether oxygens (including phenoxy) is 2. The van der Waals surface area contributed by atoms with E-state index in [9.17, 15) is 0 Å². The van der Waals surface area contributed by atoms with E-state index in [1.807, 2.05) is 0 Å². The highest BCUT2D eigenvalue weighted by Crippen LogP contribution is 2.34. The van der Waals surface area contributed by atoms with E-state index in [-0.39, 0.29) is 0 Å². The van der Waals surface area contributed by atoms with Gasteiger partial charge in [0, 0.05) is 26.3 Å². The van der Waals surface area contributed by atoms with Gasteiger partial charge >= 0.3 is 0 Å². The molecular weight excluding hydrogens is 178 g/mol. The Bertz CT molecular complexity index is 186. The lowest BCUT2D eigenvalue weighted by Crippen LogP contribution is -2.40. The van der Waals surface area contributed by atoms with Gasteiger partial charge in [-0.3, -0.25) is 0 Å². The lowest BCUT2D eigenvalue weighted by atomic mass is 9.95. The largest absolute Gasteiger partial charge is 0.384 e. The second kappa shape index (κ2) is 4.60. The molecule has 2 aliphatic heterocycles. The first kappa shape index (κ1) is 10.4. The Labute approximate surface area is 86.2 Å². The third-order valence-electron chi connectivity index (χ3n) is 3.29. The molecule has 0 saturated carbocycles. The maximum absolute atomic E-state index is 5.78. The Hall–Kier alpha value is -0.120. The Morgan fingerprint density at radius 1 is 1.50 bits per heavy atom.